The van der Waals surface area contributed by atoms with Crippen molar-refractivity contribution in [2.45, 2.75) is 24.8 Å². The molecule has 0 spiro atoms. The number of oxime groups is 1. The largest absolute Gasteiger partial charge is 0.458 e. The van der Waals surface area contributed by atoms with Crippen molar-refractivity contribution in [3.05, 3.63) is 52.6 Å². The molecule has 0 saturated carbocycles. The molecule has 1 aliphatic rings. The minimum absolute atomic E-state index is 0.0463. The Morgan fingerprint density at radius 1 is 1.33 bits per heavy atom. The number of hydrogen-bond donors (Lipinski definition) is 1. The second kappa shape index (κ2) is 5.78. The predicted octanol–water partition coefficient (Wildman–Crippen LogP) is 3.04. The molecule has 128 valence electrons. The summed E-state index contributed by atoms with van der Waals surface area (Å²) >= 11 is 5.88. The van der Waals surface area contributed by atoms with Crippen LogP contribution in [0.4, 0.5) is 13.2 Å². The van der Waals surface area contributed by atoms with Crippen molar-refractivity contribution < 1.29 is 23.1 Å². The van der Waals surface area contributed by atoms with Gasteiger partial charge in [0.2, 0.25) is 5.28 Å². The molecule has 1 unspecified atom stereocenters. The third-order valence-electron chi connectivity index (χ3n) is 3.86. The Kier molecular flexibility index (Phi) is 4.05. The van der Waals surface area contributed by atoms with E-state index in [2.05, 4.69) is 15.0 Å². The Balaban J connectivity index is 1.73. The summed E-state index contributed by atoms with van der Waals surface area (Å²) in [6.45, 7) is 0. The number of aromatic nitrogens is 2. The van der Waals surface area contributed by atoms with E-state index >= 15 is 0 Å². The molecule has 0 aliphatic carbocycles. The topological polar surface area (TPSA) is 59.6 Å². The number of rotatable bonds is 3. The molecule has 1 N–H and O–H groups in total. The van der Waals surface area contributed by atoms with Crippen molar-refractivity contribution >= 4 is 17.3 Å². The number of alkyl halides is 3. The highest BCUT2D eigenvalue weighted by Gasteiger charge is 2.60. The van der Waals surface area contributed by atoms with Gasteiger partial charge in [-0.2, -0.15) is 13.2 Å². The van der Waals surface area contributed by atoms with Gasteiger partial charge in [0.05, 0.1) is 18.3 Å². The minimum atomic E-state index is -4.91. The van der Waals surface area contributed by atoms with Crippen molar-refractivity contribution in [1.29, 1.82) is 0 Å². The fourth-order valence-corrected chi connectivity index (χ4v) is 2.49. The summed E-state index contributed by atoms with van der Waals surface area (Å²) in [4.78, 5) is 8.20. The molecule has 1 aromatic carbocycles. The lowest BCUT2D eigenvalue weighted by Crippen LogP contribution is -2.45. The molecule has 1 atom stereocenters. The molecule has 5 nitrogen and oxygen atoms in total. The summed E-state index contributed by atoms with van der Waals surface area (Å²) in [6, 6.07) is 6.81. The molecule has 2 aromatic rings. The normalized spacial score (nSPS) is 20.8. The molecule has 0 radical (unpaired) electrons. The number of imidazole rings is 1. The zero-order valence-electron chi connectivity index (χ0n) is 12.5. The van der Waals surface area contributed by atoms with Gasteiger partial charge in [0.15, 0.2) is 0 Å². The van der Waals surface area contributed by atoms with Gasteiger partial charge in [-0.25, -0.2) is 4.98 Å². The standard InChI is InChI=1S/C15H13ClF3N3O2/c1-22-11(8-20-13(22)16)6-9-2-4-10(5-3-9)12-7-14(23,24-21-12)15(17,18)19/h2-5,8,23H,6-7H2,1H3. The molecule has 24 heavy (non-hydrogen) atoms. The van der Waals surface area contributed by atoms with Gasteiger partial charge in [0.1, 0.15) is 0 Å². The third-order valence-corrected chi connectivity index (χ3v) is 4.21. The number of benzene rings is 1. The molecule has 3 rings (SSSR count). The fourth-order valence-electron chi connectivity index (χ4n) is 2.34. The summed E-state index contributed by atoms with van der Waals surface area (Å²) in [7, 11) is 1.79. The molecular weight excluding hydrogens is 347 g/mol. The molecule has 0 fully saturated rings. The first-order valence-corrected chi connectivity index (χ1v) is 7.37. The van der Waals surface area contributed by atoms with Gasteiger partial charge in [-0.1, -0.05) is 29.4 Å². The molecule has 0 bridgehead atoms. The summed E-state index contributed by atoms with van der Waals surface area (Å²) in [5.41, 5.74) is 2.34. The minimum Gasteiger partial charge on any atom is -0.350 e. The van der Waals surface area contributed by atoms with E-state index in [9.17, 15) is 18.3 Å². The highest BCUT2D eigenvalue weighted by molar-refractivity contribution is 6.28. The molecular formula is C15H13ClF3N3O2. The first-order valence-electron chi connectivity index (χ1n) is 6.99. The van der Waals surface area contributed by atoms with E-state index in [1.54, 1.807) is 42.1 Å². The summed E-state index contributed by atoms with van der Waals surface area (Å²) in [5, 5.41) is 13.2. The van der Waals surface area contributed by atoms with E-state index < -0.39 is 18.4 Å². The van der Waals surface area contributed by atoms with Gasteiger partial charge in [0, 0.05) is 19.2 Å². The lowest BCUT2D eigenvalue weighted by molar-refractivity contribution is -0.355. The molecule has 0 amide bonds. The van der Waals surface area contributed by atoms with Crippen LogP contribution in [0.25, 0.3) is 0 Å². The Morgan fingerprint density at radius 3 is 2.50 bits per heavy atom. The lowest BCUT2D eigenvalue weighted by Gasteiger charge is -2.22. The van der Waals surface area contributed by atoms with E-state index in [1.165, 1.54) is 0 Å². The number of nitrogens with zero attached hydrogens (tertiary/aromatic N) is 3. The zero-order chi connectivity index (χ0) is 17.5. The first kappa shape index (κ1) is 16.8. The Labute approximate surface area is 140 Å². The van der Waals surface area contributed by atoms with Crippen LogP contribution in [0.3, 0.4) is 0 Å². The number of hydrogen-bond acceptors (Lipinski definition) is 4. The van der Waals surface area contributed by atoms with E-state index in [1.807, 2.05) is 0 Å². The van der Waals surface area contributed by atoms with Crippen LogP contribution in [0.15, 0.2) is 35.6 Å². The van der Waals surface area contributed by atoms with E-state index in [0.717, 1.165) is 11.3 Å². The van der Waals surface area contributed by atoms with Crippen LogP contribution in [0.1, 0.15) is 23.2 Å². The smallest absolute Gasteiger partial charge is 0.350 e. The SMILES string of the molecule is Cn1c(Cc2ccc(C3=NOC(O)(C(F)(F)F)C3)cc2)cnc1Cl. The van der Waals surface area contributed by atoms with Crippen LogP contribution in [0.2, 0.25) is 5.28 Å². The average Bonchev–Trinajstić information content (AvgIpc) is 3.07. The second-order valence-corrected chi connectivity index (χ2v) is 5.88. The number of aliphatic hydroxyl groups is 1. The molecule has 9 heteroatoms. The van der Waals surface area contributed by atoms with Crippen LogP contribution >= 0.6 is 11.6 Å². The van der Waals surface area contributed by atoms with Gasteiger partial charge >= 0.3 is 12.0 Å². The van der Waals surface area contributed by atoms with Gasteiger partial charge < -0.3 is 14.5 Å². The molecule has 1 aromatic heterocycles. The molecule has 2 heterocycles. The Bertz CT molecular complexity index is 786. The quantitative estimate of drug-likeness (QED) is 0.916. The summed E-state index contributed by atoms with van der Waals surface area (Å²) in [5.74, 6) is -3.26. The summed E-state index contributed by atoms with van der Waals surface area (Å²) in [6.07, 6.45) is -3.41. The fraction of sp³-hybridized carbons (Fsp3) is 0.333. The van der Waals surface area contributed by atoms with Crippen LogP contribution in [-0.2, 0) is 18.3 Å². The maximum Gasteiger partial charge on any atom is 0.458 e. The van der Waals surface area contributed by atoms with Crippen molar-refractivity contribution in [2.75, 3.05) is 0 Å². The van der Waals surface area contributed by atoms with E-state index in [-0.39, 0.29) is 5.71 Å². The highest BCUT2D eigenvalue weighted by atomic mass is 35.5. The van der Waals surface area contributed by atoms with Crippen LogP contribution < -0.4 is 0 Å². The third kappa shape index (κ3) is 2.99. The van der Waals surface area contributed by atoms with Gasteiger partial charge in [-0.3, -0.25) is 0 Å². The van der Waals surface area contributed by atoms with Gasteiger partial charge in [0.25, 0.3) is 0 Å². The first-order chi connectivity index (χ1) is 11.2. The maximum atomic E-state index is 12.7. The Hall–Kier alpha value is -2.06. The van der Waals surface area contributed by atoms with Crippen molar-refractivity contribution in [3.63, 3.8) is 0 Å². The van der Waals surface area contributed by atoms with E-state index in [4.69, 9.17) is 11.6 Å². The van der Waals surface area contributed by atoms with Gasteiger partial charge in [-0.05, 0) is 22.7 Å². The number of halogens is 4. The van der Waals surface area contributed by atoms with Crippen molar-refractivity contribution in [2.24, 2.45) is 12.2 Å². The van der Waals surface area contributed by atoms with Crippen LogP contribution in [0.5, 0.6) is 0 Å². The highest BCUT2D eigenvalue weighted by Crippen LogP contribution is 2.38. The van der Waals surface area contributed by atoms with Crippen molar-refractivity contribution in [3.8, 4) is 0 Å². The van der Waals surface area contributed by atoms with Crippen LogP contribution in [-0.4, -0.2) is 32.3 Å². The van der Waals surface area contributed by atoms with Gasteiger partial charge in [-0.15, -0.1) is 0 Å². The molecule has 0 saturated heterocycles. The van der Waals surface area contributed by atoms with Crippen LogP contribution in [0, 0.1) is 0 Å². The van der Waals surface area contributed by atoms with Crippen molar-refractivity contribution in [1.82, 2.24) is 9.55 Å². The average molecular weight is 360 g/mol. The second-order valence-electron chi connectivity index (χ2n) is 5.54. The summed E-state index contributed by atoms with van der Waals surface area (Å²) < 4.78 is 39.9. The monoisotopic (exact) mass is 359 g/mol. The zero-order valence-corrected chi connectivity index (χ0v) is 13.3. The Morgan fingerprint density at radius 2 is 2.00 bits per heavy atom. The predicted molar refractivity (Wildman–Crippen MR) is 80.7 cm³/mol. The van der Waals surface area contributed by atoms with E-state index in [0.29, 0.717) is 17.3 Å². The maximum absolute atomic E-state index is 12.7. The molecule has 1 aliphatic heterocycles. The lowest BCUT2D eigenvalue weighted by atomic mass is 10.0.